The molecule has 1 saturated heterocycles. The first-order chi connectivity index (χ1) is 15.7. The second kappa shape index (κ2) is 10.7. The number of sulfonamides is 1. The first-order valence-corrected chi connectivity index (χ1v) is 12.7. The van der Waals surface area contributed by atoms with E-state index in [4.69, 9.17) is 9.47 Å². The Hall–Kier alpha value is -3.11. The van der Waals surface area contributed by atoms with Gasteiger partial charge < -0.3 is 20.1 Å². The Bertz CT molecular complexity index is 1100. The van der Waals surface area contributed by atoms with E-state index in [1.807, 2.05) is 6.07 Å². The summed E-state index contributed by atoms with van der Waals surface area (Å²) in [6.45, 7) is 4.57. The smallest absolute Gasteiger partial charge is 0.255 e. The average molecular weight is 476 g/mol. The molecule has 1 atom stereocenters. The molecule has 0 aliphatic carbocycles. The first-order valence-electron chi connectivity index (χ1n) is 10.8. The van der Waals surface area contributed by atoms with Crippen molar-refractivity contribution < 1.29 is 27.5 Å². The van der Waals surface area contributed by atoms with Crippen LogP contribution in [0.15, 0.2) is 42.5 Å². The second-order valence-electron chi connectivity index (χ2n) is 7.55. The van der Waals surface area contributed by atoms with Gasteiger partial charge in [-0.2, -0.15) is 4.31 Å². The lowest BCUT2D eigenvalue weighted by Gasteiger charge is -2.23. The fourth-order valence-corrected chi connectivity index (χ4v) is 4.83. The molecular weight excluding hydrogens is 446 g/mol. The van der Waals surface area contributed by atoms with Crippen molar-refractivity contribution >= 4 is 33.2 Å². The Morgan fingerprint density at radius 1 is 1.00 bits per heavy atom. The van der Waals surface area contributed by atoms with Gasteiger partial charge in [0.05, 0.1) is 30.8 Å². The van der Waals surface area contributed by atoms with E-state index in [0.29, 0.717) is 61.0 Å². The summed E-state index contributed by atoms with van der Waals surface area (Å²) >= 11 is 0. The largest absolute Gasteiger partial charge is 0.492 e. The predicted octanol–water partition coefficient (Wildman–Crippen LogP) is 3.10. The molecule has 2 aromatic rings. The van der Waals surface area contributed by atoms with Crippen molar-refractivity contribution in [3.63, 3.8) is 0 Å². The summed E-state index contributed by atoms with van der Waals surface area (Å²) < 4.78 is 36.7. The highest BCUT2D eigenvalue weighted by Gasteiger charge is 2.36. The fourth-order valence-electron chi connectivity index (χ4n) is 3.70. The summed E-state index contributed by atoms with van der Waals surface area (Å²) in [7, 11) is -3.50. The van der Waals surface area contributed by atoms with Gasteiger partial charge in [0, 0.05) is 24.2 Å². The lowest BCUT2D eigenvalue weighted by molar-refractivity contribution is -0.119. The zero-order valence-electron chi connectivity index (χ0n) is 19.0. The van der Waals surface area contributed by atoms with Gasteiger partial charge in [0.25, 0.3) is 5.91 Å². The summed E-state index contributed by atoms with van der Waals surface area (Å²) in [5.41, 5.74) is 1.21. The van der Waals surface area contributed by atoms with Crippen LogP contribution in [-0.4, -0.2) is 56.6 Å². The van der Waals surface area contributed by atoms with Crippen molar-refractivity contribution in [1.82, 2.24) is 4.31 Å². The van der Waals surface area contributed by atoms with E-state index in [-0.39, 0.29) is 5.91 Å². The molecule has 33 heavy (non-hydrogen) atoms. The molecule has 2 N–H and O–H groups in total. The molecular formula is C23H29N3O6S. The summed E-state index contributed by atoms with van der Waals surface area (Å²) in [5.74, 6) is -0.0681. The molecule has 3 rings (SSSR count). The third-order valence-electron chi connectivity index (χ3n) is 5.16. The molecule has 1 heterocycles. The van der Waals surface area contributed by atoms with E-state index >= 15 is 0 Å². The molecule has 10 heteroatoms. The van der Waals surface area contributed by atoms with Crippen LogP contribution in [0, 0.1) is 0 Å². The summed E-state index contributed by atoms with van der Waals surface area (Å²) in [5, 5.41) is 5.62. The Morgan fingerprint density at radius 2 is 1.58 bits per heavy atom. The number of nitrogens with zero attached hydrogens (tertiary/aromatic N) is 1. The lowest BCUT2D eigenvalue weighted by Crippen LogP contribution is -2.42. The van der Waals surface area contributed by atoms with Crippen molar-refractivity contribution in [3.8, 4) is 11.5 Å². The molecule has 0 aromatic heterocycles. The van der Waals surface area contributed by atoms with Gasteiger partial charge in [-0.1, -0.05) is 18.2 Å². The first kappa shape index (κ1) is 24.5. The number of ether oxygens (including phenoxy) is 2. The van der Waals surface area contributed by atoms with Crippen LogP contribution in [0.1, 0.15) is 37.0 Å². The molecule has 2 aromatic carbocycles. The molecule has 0 saturated carbocycles. The van der Waals surface area contributed by atoms with Gasteiger partial charge in [0.2, 0.25) is 15.9 Å². The molecule has 0 bridgehead atoms. The van der Waals surface area contributed by atoms with E-state index in [1.54, 1.807) is 50.2 Å². The van der Waals surface area contributed by atoms with Crippen LogP contribution in [0.25, 0.3) is 0 Å². The van der Waals surface area contributed by atoms with Gasteiger partial charge in [-0.05, 0) is 38.8 Å². The minimum Gasteiger partial charge on any atom is -0.492 e. The molecule has 178 valence electrons. The second-order valence-corrected chi connectivity index (χ2v) is 9.49. The van der Waals surface area contributed by atoms with Crippen LogP contribution >= 0.6 is 0 Å². The Morgan fingerprint density at radius 3 is 2.12 bits per heavy atom. The minimum absolute atomic E-state index is 0.309. The Balaban J connectivity index is 1.90. The van der Waals surface area contributed by atoms with Crippen molar-refractivity contribution in [2.45, 2.75) is 32.7 Å². The minimum atomic E-state index is -3.50. The molecule has 1 unspecified atom stereocenters. The van der Waals surface area contributed by atoms with Crippen molar-refractivity contribution in [1.29, 1.82) is 0 Å². The number of amides is 2. The van der Waals surface area contributed by atoms with Crippen molar-refractivity contribution in [2.24, 2.45) is 0 Å². The molecule has 0 spiro atoms. The van der Waals surface area contributed by atoms with E-state index in [2.05, 4.69) is 10.6 Å². The number of hydrogen-bond donors (Lipinski definition) is 2. The van der Waals surface area contributed by atoms with Crippen LogP contribution in [0.2, 0.25) is 0 Å². The predicted molar refractivity (Wildman–Crippen MR) is 126 cm³/mol. The molecule has 0 radical (unpaired) electrons. The maximum absolute atomic E-state index is 13.0. The van der Waals surface area contributed by atoms with E-state index in [1.165, 1.54) is 4.31 Å². The number of carbonyl (C=O) groups excluding carboxylic acids is 2. The van der Waals surface area contributed by atoms with Gasteiger partial charge in [-0.3, -0.25) is 9.59 Å². The molecule has 2 amide bonds. The number of hydrogen-bond acceptors (Lipinski definition) is 6. The quantitative estimate of drug-likeness (QED) is 0.576. The summed E-state index contributed by atoms with van der Waals surface area (Å²) in [6, 6.07) is 11.1. The number of anilines is 2. The van der Waals surface area contributed by atoms with Crippen molar-refractivity contribution in [3.05, 3.63) is 48.0 Å². The van der Waals surface area contributed by atoms with Crippen molar-refractivity contribution in [2.75, 3.05) is 36.6 Å². The molecule has 1 aliphatic rings. The van der Waals surface area contributed by atoms with Crippen LogP contribution in [0.3, 0.4) is 0 Å². The highest BCUT2D eigenvalue weighted by atomic mass is 32.2. The third-order valence-corrected chi connectivity index (χ3v) is 6.44. The summed E-state index contributed by atoms with van der Waals surface area (Å²) in [4.78, 5) is 25.6. The molecule has 1 aliphatic heterocycles. The van der Waals surface area contributed by atoms with E-state index in [0.717, 1.165) is 6.26 Å². The standard InChI is InChI=1S/C23H29N3O6S/c1-4-31-20-15-18(25-23(28)19-12-9-13-26(19)33(3,29)30)21(32-5-2)14-17(20)24-22(27)16-10-7-6-8-11-16/h6-8,10-11,14-15,19H,4-5,9,12-13H2,1-3H3,(H,24,27)(H,25,28). The van der Waals surface area contributed by atoms with Gasteiger partial charge in [0.1, 0.15) is 17.5 Å². The normalized spacial score (nSPS) is 16.3. The highest BCUT2D eigenvalue weighted by Crippen LogP contribution is 2.37. The van der Waals surface area contributed by atoms with Crippen LogP contribution in [0.4, 0.5) is 11.4 Å². The molecule has 1 fully saturated rings. The zero-order chi connectivity index (χ0) is 24.0. The Kier molecular flexibility index (Phi) is 7.93. The maximum Gasteiger partial charge on any atom is 0.255 e. The lowest BCUT2D eigenvalue weighted by atomic mass is 10.1. The Labute approximate surface area is 194 Å². The summed E-state index contributed by atoms with van der Waals surface area (Å²) in [6.07, 6.45) is 2.14. The topological polar surface area (TPSA) is 114 Å². The van der Waals surface area contributed by atoms with Gasteiger partial charge in [-0.25, -0.2) is 8.42 Å². The van der Waals surface area contributed by atoms with E-state index < -0.39 is 22.0 Å². The van der Waals surface area contributed by atoms with E-state index in [9.17, 15) is 18.0 Å². The highest BCUT2D eigenvalue weighted by molar-refractivity contribution is 7.88. The SMILES string of the molecule is CCOc1cc(NC(=O)C2CCCN2S(C)(=O)=O)c(OCC)cc1NC(=O)c1ccccc1. The van der Waals surface area contributed by atoms with Gasteiger partial charge in [0.15, 0.2) is 0 Å². The number of benzene rings is 2. The maximum atomic E-state index is 13.0. The van der Waals surface area contributed by atoms with Crippen LogP contribution in [-0.2, 0) is 14.8 Å². The average Bonchev–Trinajstić information content (AvgIpc) is 3.28. The monoisotopic (exact) mass is 475 g/mol. The number of carbonyl (C=O) groups is 2. The van der Waals surface area contributed by atoms with Crippen LogP contribution < -0.4 is 20.1 Å². The third kappa shape index (κ3) is 6.02. The zero-order valence-corrected chi connectivity index (χ0v) is 19.8. The van der Waals surface area contributed by atoms with Crippen LogP contribution in [0.5, 0.6) is 11.5 Å². The molecule has 9 nitrogen and oxygen atoms in total. The van der Waals surface area contributed by atoms with Gasteiger partial charge in [-0.15, -0.1) is 0 Å². The number of nitrogens with one attached hydrogen (secondary N) is 2. The van der Waals surface area contributed by atoms with Gasteiger partial charge >= 0.3 is 0 Å². The number of rotatable bonds is 9. The fraction of sp³-hybridized carbons (Fsp3) is 0.391.